The third kappa shape index (κ3) is 2.43. The van der Waals surface area contributed by atoms with Gasteiger partial charge in [0.05, 0.1) is 11.1 Å². The van der Waals surface area contributed by atoms with E-state index in [-0.39, 0.29) is 17.3 Å². The number of piperidine rings is 1. The molecule has 1 aromatic heterocycles. The van der Waals surface area contributed by atoms with Crippen molar-refractivity contribution in [2.45, 2.75) is 25.8 Å². The van der Waals surface area contributed by atoms with Gasteiger partial charge in [0, 0.05) is 17.7 Å². The van der Waals surface area contributed by atoms with Gasteiger partial charge in [0.15, 0.2) is 0 Å². The molecule has 6 heteroatoms. The summed E-state index contributed by atoms with van der Waals surface area (Å²) < 4.78 is 1.54. The predicted octanol–water partition coefficient (Wildman–Crippen LogP) is 1.33. The Kier molecular flexibility index (Phi) is 3.47. The van der Waals surface area contributed by atoms with Gasteiger partial charge in [0.2, 0.25) is 0 Å². The monoisotopic (exact) mass is 251 g/mol. The van der Waals surface area contributed by atoms with Crippen LogP contribution in [0.2, 0.25) is 0 Å². The molecule has 18 heavy (non-hydrogen) atoms. The maximum absolute atomic E-state index is 12.1. The summed E-state index contributed by atoms with van der Waals surface area (Å²) in [4.78, 5) is 24.6. The van der Waals surface area contributed by atoms with Crippen molar-refractivity contribution in [1.82, 2.24) is 9.47 Å². The molecule has 1 aliphatic rings. The molecule has 0 saturated carbocycles. The van der Waals surface area contributed by atoms with Crippen molar-refractivity contribution in [1.29, 1.82) is 0 Å². The molecule has 0 N–H and O–H groups in total. The Labute approximate surface area is 105 Å². The fraction of sp³-hybridized carbons (Fsp3) is 0.583. The van der Waals surface area contributed by atoms with E-state index in [1.165, 1.54) is 12.3 Å². The standard InChI is InChI=1S/C12H17N3O3/c1-9-7-11(15(17)18)8-14(12(9)16)10-3-5-13(2)6-4-10/h7-8,10H,3-6H2,1-2H3. The van der Waals surface area contributed by atoms with Crippen LogP contribution in [0.4, 0.5) is 5.69 Å². The summed E-state index contributed by atoms with van der Waals surface area (Å²) in [6, 6.07) is 1.42. The second-order valence-electron chi connectivity index (χ2n) is 4.89. The highest BCUT2D eigenvalue weighted by Crippen LogP contribution is 2.22. The molecule has 1 aliphatic heterocycles. The maximum Gasteiger partial charge on any atom is 0.286 e. The fourth-order valence-electron chi connectivity index (χ4n) is 2.37. The van der Waals surface area contributed by atoms with Crippen LogP contribution >= 0.6 is 0 Å². The summed E-state index contributed by atoms with van der Waals surface area (Å²) in [7, 11) is 2.04. The van der Waals surface area contributed by atoms with Gasteiger partial charge in [0.25, 0.3) is 11.2 Å². The molecule has 0 amide bonds. The third-order valence-corrected chi connectivity index (χ3v) is 3.50. The zero-order valence-electron chi connectivity index (χ0n) is 10.6. The van der Waals surface area contributed by atoms with E-state index in [1.54, 1.807) is 11.5 Å². The average molecular weight is 251 g/mol. The van der Waals surface area contributed by atoms with Crippen LogP contribution < -0.4 is 5.56 Å². The quantitative estimate of drug-likeness (QED) is 0.587. The Hall–Kier alpha value is -1.69. The third-order valence-electron chi connectivity index (χ3n) is 3.50. The van der Waals surface area contributed by atoms with Gasteiger partial charge in [-0.05, 0) is 39.9 Å². The minimum atomic E-state index is -0.447. The lowest BCUT2D eigenvalue weighted by molar-refractivity contribution is -0.385. The second-order valence-corrected chi connectivity index (χ2v) is 4.89. The lowest BCUT2D eigenvalue weighted by atomic mass is 10.0. The number of aromatic nitrogens is 1. The first-order chi connectivity index (χ1) is 8.49. The molecular weight excluding hydrogens is 234 g/mol. The Bertz CT molecular complexity index is 516. The first kappa shape index (κ1) is 12.8. The van der Waals surface area contributed by atoms with Crippen molar-refractivity contribution in [3.63, 3.8) is 0 Å². The second kappa shape index (κ2) is 4.89. The van der Waals surface area contributed by atoms with Crippen LogP contribution in [0.1, 0.15) is 24.4 Å². The first-order valence-corrected chi connectivity index (χ1v) is 6.05. The summed E-state index contributed by atoms with van der Waals surface area (Å²) in [6.07, 6.45) is 3.10. The zero-order chi connectivity index (χ0) is 13.3. The van der Waals surface area contributed by atoms with Gasteiger partial charge in [0.1, 0.15) is 0 Å². The number of hydrogen-bond donors (Lipinski definition) is 0. The van der Waals surface area contributed by atoms with Gasteiger partial charge in [-0.3, -0.25) is 14.9 Å². The molecule has 1 saturated heterocycles. The molecule has 0 spiro atoms. The maximum atomic E-state index is 12.1. The van der Waals surface area contributed by atoms with E-state index in [2.05, 4.69) is 4.90 Å². The minimum absolute atomic E-state index is 0.00831. The smallest absolute Gasteiger partial charge is 0.286 e. The Balaban J connectivity index is 2.37. The SMILES string of the molecule is Cc1cc([N+](=O)[O-])cn(C2CCN(C)CC2)c1=O. The summed E-state index contributed by atoms with van der Waals surface area (Å²) >= 11 is 0. The number of likely N-dealkylation sites (tertiary alicyclic amines) is 1. The highest BCUT2D eigenvalue weighted by Gasteiger charge is 2.21. The van der Waals surface area contributed by atoms with Crippen molar-refractivity contribution in [3.8, 4) is 0 Å². The van der Waals surface area contributed by atoms with E-state index in [1.807, 2.05) is 7.05 Å². The lowest BCUT2D eigenvalue weighted by Gasteiger charge is -2.30. The van der Waals surface area contributed by atoms with Crippen LogP contribution in [0, 0.1) is 17.0 Å². The summed E-state index contributed by atoms with van der Waals surface area (Å²) in [5.41, 5.74) is 0.310. The Morgan fingerprint density at radius 1 is 1.39 bits per heavy atom. The predicted molar refractivity (Wildman–Crippen MR) is 67.9 cm³/mol. The first-order valence-electron chi connectivity index (χ1n) is 6.05. The molecule has 0 unspecified atom stereocenters. The number of nitro groups is 1. The van der Waals surface area contributed by atoms with Gasteiger partial charge in [-0.25, -0.2) is 0 Å². The topological polar surface area (TPSA) is 68.4 Å². The van der Waals surface area contributed by atoms with E-state index in [0.29, 0.717) is 5.56 Å². The summed E-state index contributed by atoms with van der Waals surface area (Å²) in [6.45, 7) is 3.46. The number of aryl methyl sites for hydroxylation is 1. The number of hydrogen-bond acceptors (Lipinski definition) is 4. The van der Waals surface area contributed by atoms with Crippen molar-refractivity contribution in [2.24, 2.45) is 0 Å². The van der Waals surface area contributed by atoms with Crippen LogP contribution in [-0.2, 0) is 0 Å². The van der Waals surface area contributed by atoms with E-state index in [0.717, 1.165) is 25.9 Å². The number of rotatable bonds is 2. The molecule has 1 aromatic rings. The summed E-state index contributed by atoms with van der Waals surface area (Å²) in [5.74, 6) is 0. The molecule has 0 aliphatic carbocycles. The molecule has 0 bridgehead atoms. The van der Waals surface area contributed by atoms with Crippen molar-refractivity contribution < 1.29 is 4.92 Å². The Morgan fingerprint density at radius 3 is 2.56 bits per heavy atom. The minimum Gasteiger partial charge on any atom is -0.306 e. The van der Waals surface area contributed by atoms with Crippen LogP contribution in [0.15, 0.2) is 17.1 Å². The lowest BCUT2D eigenvalue weighted by Crippen LogP contribution is -2.35. The van der Waals surface area contributed by atoms with E-state index < -0.39 is 4.92 Å². The highest BCUT2D eigenvalue weighted by molar-refractivity contribution is 5.30. The molecule has 0 aromatic carbocycles. The Morgan fingerprint density at radius 2 is 2.00 bits per heavy atom. The van der Waals surface area contributed by atoms with Gasteiger partial charge >= 0.3 is 0 Å². The van der Waals surface area contributed by atoms with Crippen molar-refractivity contribution in [2.75, 3.05) is 20.1 Å². The van der Waals surface area contributed by atoms with Crippen LogP contribution in [-0.4, -0.2) is 34.5 Å². The van der Waals surface area contributed by atoms with Crippen LogP contribution in [0.3, 0.4) is 0 Å². The molecule has 6 nitrogen and oxygen atoms in total. The molecular formula is C12H17N3O3. The average Bonchev–Trinajstić information content (AvgIpc) is 2.33. The number of nitrogens with zero attached hydrogens (tertiary/aromatic N) is 3. The fourth-order valence-corrected chi connectivity index (χ4v) is 2.37. The molecule has 0 atom stereocenters. The van der Waals surface area contributed by atoms with E-state index in [4.69, 9.17) is 0 Å². The van der Waals surface area contributed by atoms with Gasteiger partial charge in [-0.15, -0.1) is 0 Å². The van der Waals surface area contributed by atoms with Gasteiger partial charge in [-0.2, -0.15) is 0 Å². The van der Waals surface area contributed by atoms with Crippen LogP contribution in [0.5, 0.6) is 0 Å². The van der Waals surface area contributed by atoms with Crippen molar-refractivity contribution in [3.05, 3.63) is 38.3 Å². The largest absolute Gasteiger partial charge is 0.306 e. The molecule has 1 fully saturated rings. The van der Waals surface area contributed by atoms with Crippen LogP contribution in [0.25, 0.3) is 0 Å². The molecule has 0 radical (unpaired) electrons. The zero-order valence-corrected chi connectivity index (χ0v) is 10.6. The van der Waals surface area contributed by atoms with Gasteiger partial charge < -0.3 is 9.47 Å². The molecule has 2 heterocycles. The number of pyridine rings is 1. The van der Waals surface area contributed by atoms with E-state index >= 15 is 0 Å². The van der Waals surface area contributed by atoms with Gasteiger partial charge in [-0.1, -0.05) is 0 Å². The molecule has 2 rings (SSSR count). The molecule has 98 valence electrons. The highest BCUT2D eigenvalue weighted by atomic mass is 16.6. The normalized spacial score (nSPS) is 17.9. The van der Waals surface area contributed by atoms with Crippen molar-refractivity contribution >= 4 is 5.69 Å². The van der Waals surface area contributed by atoms with E-state index in [9.17, 15) is 14.9 Å². The summed E-state index contributed by atoms with van der Waals surface area (Å²) in [5, 5.41) is 10.8.